The van der Waals surface area contributed by atoms with Crippen molar-refractivity contribution >= 4 is 5.97 Å². The quantitative estimate of drug-likeness (QED) is 0.875. The van der Waals surface area contributed by atoms with Crippen molar-refractivity contribution in [2.75, 3.05) is 7.11 Å². The highest BCUT2D eigenvalue weighted by Gasteiger charge is 2.20. The molecule has 1 N–H and O–H groups in total. The molecule has 0 atom stereocenters. The zero-order valence-corrected chi connectivity index (χ0v) is 9.98. The van der Waals surface area contributed by atoms with Crippen LogP contribution >= 0.6 is 0 Å². The van der Waals surface area contributed by atoms with Gasteiger partial charge in [-0.05, 0) is 25.0 Å². The number of aromatic nitrogens is 1. The van der Waals surface area contributed by atoms with Gasteiger partial charge in [0.1, 0.15) is 5.56 Å². The van der Waals surface area contributed by atoms with Gasteiger partial charge in [-0.15, -0.1) is 0 Å². The van der Waals surface area contributed by atoms with E-state index in [9.17, 15) is 4.79 Å². The average Bonchev–Trinajstić information content (AvgIpc) is 2.39. The lowest BCUT2D eigenvalue weighted by atomic mass is 9.86. The Hall–Kier alpha value is -1.58. The first-order chi connectivity index (χ1) is 8.22. The van der Waals surface area contributed by atoms with E-state index in [1.54, 1.807) is 6.07 Å². The standard InChI is InChI=1S/C13H17NO3/c1-17-12-10(13(15)16)7-8-11(14-12)9-5-3-2-4-6-9/h7-9H,2-6H2,1H3,(H,15,16). The number of pyridine rings is 1. The van der Waals surface area contributed by atoms with E-state index in [-0.39, 0.29) is 11.4 Å². The van der Waals surface area contributed by atoms with Gasteiger partial charge in [-0.2, -0.15) is 0 Å². The summed E-state index contributed by atoms with van der Waals surface area (Å²) in [6, 6.07) is 3.42. The first-order valence-corrected chi connectivity index (χ1v) is 6.00. The minimum absolute atomic E-state index is 0.132. The second-order valence-corrected chi connectivity index (χ2v) is 4.43. The average molecular weight is 235 g/mol. The van der Waals surface area contributed by atoms with E-state index in [1.165, 1.54) is 26.4 Å². The third-order valence-electron chi connectivity index (χ3n) is 3.33. The predicted molar refractivity (Wildman–Crippen MR) is 63.6 cm³/mol. The monoisotopic (exact) mass is 235 g/mol. The SMILES string of the molecule is COc1nc(C2CCCCC2)ccc1C(=O)O. The molecule has 0 unspecified atom stereocenters. The van der Waals surface area contributed by atoms with Crippen LogP contribution in [0.15, 0.2) is 12.1 Å². The number of hydrogen-bond donors (Lipinski definition) is 1. The van der Waals surface area contributed by atoms with Gasteiger partial charge in [0.25, 0.3) is 0 Å². The molecule has 0 spiro atoms. The fraction of sp³-hybridized carbons (Fsp3) is 0.538. The molecule has 1 aromatic rings. The topological polar surface area (TPSA) is 59.4 Å². The summed E-state index contributed by atoms with van der Waals surface area (Å²) < 4.78 is 5.05. The number of methoxy groups -OCH3 is 1. The van der Waals surface area contributed by atoms with Crippen LogP contribution in [0.2, 0.25) is 0 Å². The van der Waals surface area contributed by atoms with Crippen LogP contribution in [0.1, 0.15) is 54.1 Å². The number of carboxylic acid groups (broad SMARTS) is 1. The van der Waals surface area contributed by atoms with Crippen LogP contribution < -0.4 is 4.74 Å². The minimum Gasteiger partial charge on any atom is -0.480 e. The lowest BCUT2D eigenvalue weighted by Crippen LogP contribution is -2.09. The number of carboxylic acids is 1. The number of nitrogens with zero attached hydrogens (tertiary/aromatic N) is 1. The molecule has 4 nitrogen and oxygen atoms in total. The van der Waals surface area contributed by atoms with Crippen molar-refractivity contribution < 1.29 is 14.6 Å². The van der Waals surface area contributed by atoms with Crippen molar-refractivity contribution in [1.82, 2.24) is 4.98 Å². The van der Waals surface area contributed by atoms with Crippen LogP contribution in [0, 0.1) is 0 Å². The summed E-state index contributed by atoms with van der Waals surface area (Å²) >= 11 is 0. The first-order valence-electron chi connectivity index (χ1n) is 6.00. The van der Waals surface area contributed by atoms with E-state index in [1.807, 2.05) is 6.07 Å². The van der Waals surface area contributed by atoms with Gasteiger partial charge in [-0.1, -0.05) is 19.3 Å². The molecule has 92 valence electrons. The normalized spacial score (nSPS) is 16.8. The van der Waals surface area contributed by atoms with Crippen LogP contribution in [0.5, 0.6) is 5.88 Å². The van der Waals surface area contributed by atoms with Gasteiger partial charge in [-0.25, -0.2) is 9.78 Å². The van der Waals surface area contributed by atoms with Crippen LogP contribution in [0.25, 0.3) is 0 Å². The summed E-state index contributed by atoms with van der Waals surface area (Å²) in [5.41, 5.74) is 1.10. The third-order valence-corrected chi connectivity index (χ3v) is 3.33. The van der Waals surface area contributed by atoms with Crippen LogP contribution in [-0.2, 0) is 0 Å². The molecule has 4 heteroatoms. The molecule has 1 heterocycles. The van der Waals surface area contributed by atoms with Gasteiger partial charge in [0.2, 0.25) is 5.88 Å². The van der Waals surface area contributed by atoms with E-state index < -0.39 is 5.97 Å². The summed E-state index contributed by atoms with van der Waals surface area (Å²) in [5, 5.41) is 8.98. The molecule has 0 bridgehead atoms. The van der Waals surface area contributed by atoms with Crippen molar-refractivity contribution in [2.24, 2.45) is 0 Å². The highest BCUT2D eigenvalue weighted by atomic mass is 16.5. The Bertz CT molecular complexity index is 411. The number of aromatic carboxylic acids is 1. The van der Waals surface area contributed by atoms with Crippen molar-refractivity contribution in [2.45, 2.75) is 38.0 Å². The van der Waals surface area contributed by atoms with E-state index >= 15 is 0 Å². The van der Waals surface area contributed by atoms with Crippen LogP contribution in [0.3, 0.4) is 0 Å². The third kappa shape index (κ3) is 2.57. The summed E-state index contributed by atoms with van der Waals surface area (Å²) in [6.45, 7) is 0. The van der Waals surface area contributed by atoms with E-state index in [2.05, 4.69) is 4.98 Å². The van der Waals surface area contributed by atoms with Gasteiger partial charge in [0, 0.05) is 11.6 Å². The van der Waals surface area contributed by atoms with Crippen LogP contribution in [-0.4, -0.2) is 23.2 Å². The molecular formula is C13H17NO3. The highest BCUT2D eigenvalue weighted by Crippen LogP contribution is 2.32. The number of rotatable bonds is 3. The minimum atomic E-state index is -0.996. The van der Waals surface area contributed by atoms with Gasteiger partial charge < -0.3 is 9.84 Å². The Morgan fingerprint density at radius 3 is 2.65 bits per heavy atom. The van der Waals surface area contributed by atoms with Gasteiger partial charge in [-0.3, -0.25) is 0 Å². The zero-order valence-electron chi connectivity index (χ0n) is 9.98. The lowest BCUT2D eigenvalue weighted by Gasteiger charge is -2.21. The molecule has 0 saturated heterocycles. The smallest absolute Gasteiger partial charge is 0.341 e. The van der Waals surface area contributed by atoms with Crippen molar-refractivity contribution in [1.29, 1.82) is 0 Å². The maximum atomic E-state index is 10.9. The molecule has 17 heavy (non-hydrogen) atoms. The Labute approximate surface area is 101 Å². The molecule has 1 saturated carbocycles. The van der Waals surface area contributed by atoms with E-state index in [0.717, 1.165) is 18.5 Å². The molecule has 1 aliphatic carbocycles. The van der Waals surface area contributed by atoms with Gasteiger partial charge >= 0.3 is 5.97 Å². The van der Waals surface area contributed by atoms with Crippen molar-refractivity contribution in [3.63, 3.8) is 0 Å². The first kappa shape index (κ1) is 11.9. The van der Waals surface area contributed by atoms with Crippen molar-refractivity contribution in [3.8, 4) is 5.88 Å². The zero-order chi connectivity index (χ0) is 12.3. The molecule has 0 aromatic carbocycles. The molecule has 1 aromatic heterocycles. The fourth-order valence-electron chi connectivity index (χ4n) is 2.40. The molecule has 1 fully saturated rings. The van der Waals surface area contributed by atoms with Gasteiger partial charge in [0.05, 0.1) is 7.11 Å². The van der Waals surface area contributed by atoms with Crippen LogP contribution in [0.4, 0.5) is 0 Å². The largest absolute Gasteiger partial charge is 0.480 e. The number of ether oxygens (including phenoxy) is 1. The maximum absolute atomic E-state index is 10.9. The van der Waals surface area contributed by atoms with E-state index in [0.29, 0.717) is 5.92 Å². The molecule has 2 rings (SSSR count). The highest BCUT2D eigenvalue weighted by molar-refractivity contribution is 5.90. The maximum Gasteiger partial charge on any atom is 0.341 e. The molecule has 0 amide bonds. The summed E-state index contributed by atoms with van der Waals surface area (Å²) in [4.78, 5) is 15.3. The summed E-state index contributed by atoms with van der Waals surface area (Å²) in [5.74, 6) is -0.314. The van der Waals surface area contributed by atoms with Crippen molar-refractivity contribution in [3.05, 3.63) is 23.4 Å². The summed E-state index contributed by atoms with van der Waals surface area (Å²) in [7, 11) is 1.46. The second kappa shape index (κ2) is 5.17. The second-order valence-electron chi connectivity index (χ2n) is 4.43. The molecular weight excluding hydrogens is 218 g/mol. The molecule has 0 radical (unpaired) electrons. The number of carbonyl (C=O) groups is 1. The Kier molecular flexibility index (Phi) is 3.61. The predicted octanol–water partition coefficient (Wildman–Crippen LogP) is 2.84. The fourth-order valence-corrected chi connectivity index (χ4v) is 2.40. The molecule has 0 aliphatic heterocycles. The Balaban J connectivity index is 2.27. The summed E-state index contributed by atoms with van der Waals surface area (Å²) in [6.07, 6.45) is 6.04. The van der Waals surface area contributed by atoms with Gasteiger partial charge in [0.15, 0.2) is 0 Å². The lowest BCUT2D eigenvalue weighted by molar-refractivity contribution is 0.0692. The molecule has 1 aliphatic rings. The Morgan fingerprint density at radius 2 is 2.06 bits per heavy atom. The number of hydrogen-bond acceptors (Lipinski definition) is 3. The van der Waals surface area contributed by atoms with E-state index in [4.69, 9.17) is 9.84 Å². The Morgan fingerprint density at radius 1 is 1.35 bits per heavy atom.